The predicted molar refractivity (Wildman–Crippen MR) is 85.3 cm³/mol. The number of hydrogen-bond acceptors (Lipinski definition) is 3. The van der Waals surface area contributed by atoms with Crippen molar-refractivity contribution in [1.82, 2.24) is 5.32 Å². The fourth-order valence-corrected chi connectivity index (χ4v) is 2.93. The highest BCUT2D eigenvalue weighted by Crippen LogP contribution is 2.30. The Bertz CT molecular complexity index is 385. The third-order valence-corrected chi connectivity index (χ3v) is 4.06. The molecule has 1 saturated heterocycles. The highest BCUT2D eigenvalue weighted by atomic mass is 16.5. The van der Waals surface area contributed by atoms with Crippen molar-refractivity contribution in [3.05, 3.63) is 30.3 Å². The van der Waals surface area contributed by atoms with Crippen molar-refractivity contribution in [3.8, 4) is 0 Å². The van der Waals surface area contributed by atoms with Crippen LogP contribution in [-0.4, -0.2) is 39.4 Å². The molecule has 3 heteroatoms. The number of hydrogen-bond donors (Lipinski definition) is 1. The molecule has 1 aromatic rings. The molecule has 0 spiro atoms. The Morgan fingerprint density at radius 2 is 2.05 bits per heavy atom. The molecule has 3 nitrogen and oxygen atoms in total. The smallest absolute Gasteiger partial charge is 0.0551 e. The predicted octanol–water partition coefficient (Wildman–Crippen LogP) is 2.92. The summed E-state index contributed by atoms with van der Waals surface area (Å²) in [5, 5.41) is 3.61. The van der Waals surface area contributed by atoms with Crippen LogP contribution in [0.15, 0.2) is 30.3 Å². The lowest BCUT2D eigenvalue weighted by molar-refractivity contribution is -0.00358. The van der Waals surface area contributed by atoms with Crippen LogP contribution in [0.4, 0.5) is 5.69 Å². The minimum absolute atomic E-state index is 0.229. The maximum Gasteiger partial charge on any atom is 0.0551 e. The zero-order chi connectivity index (χ0) is 14.4. The van der Waals surface area contributed by atoms with Gasteiger partial charge >= 0.3 is 0 Å². The summed E-state index contributed by atoms with van der Waals surface area (Å²) < 4.78 is 5.79. The molecule has 1 aromatic carbocycles. The molecule has 1 heterocycles. The van der Waals surface area contributed by atoms with Gasteiger partial charge in [0, 0.05) is 43.9 Å². The lowest BCUT2D eigenvalue weighted by Gasteiger charge is -2.41. The molecule has 2 rings (SSSR count). The molecular formula is C17H28N2O. The van der Waals surface area contributed by atoms with E-state index in [2.05, 4.69) is 61.4 Å². The molecule has 0 aromatic heterocycles. The van der Waals surface area contributed by atoms with E-state index >= 15 is 0 Å². The van der Waals surface area contributed by atoms with Crippen LogP contribution < -0.4 is 10.2 Å². The second-order valence-electron chi connectivity index (χ2n) is 6.38. The Morgan fingerprint density at radius 3 is 2.65 bits per heavy atom. The summed E-state index contributed by atoms with van der Waals surface area (Å²) in [5.41, 5.74) is 1.51. The average molecular weight is 276 g/mol. The molecule has 0 aliphatic carbocycles. The van der Waals surface area contributed by atoms with E-state index in [1.165, 1.54) is 18.5 Å². The summed E-state index contributed by atoms with van der Waals surface area (Å²) in [6.07, 6.45) is 2.41. The molecule has 0 amide bonds. The van der Waals surface area contributed by atoms with E-state index < -0.39 is 0 Å². The van der Waals surface area contributed by atoms with Crippen LogP contribution in [0.2, 0.25) is 0 Å². The SMILES string of the molecule is CC(C)NCC1(CN(C)c2ccccc2)CCCOC1. The number of nitrogens with zero attached hydrogens (tertiary/aromatic N) is 1. The lowest BCUT2D eigenvalue weighted by atomic mass is 9.81. The Labute approximate surface area is 123 Å². The van der Waals surface area contributed by atoms with Crippen molar-refractivity contribution in [2.24, 2.45) is 5.41 Å². The van der Waals surface area contributed by atoms with Gasteiger partial charge in [-0.15, -0.1) is 0 Å². The molecule has 1 N–H and O–H groups in total. The lowest BCUT2D eigenvalue weighted by Crippen LogP contribution is -2.49. The van der Waals surface area contributed by atoms with Gasteiger partial charge in [-0.25, -0.2) is 0 Å². The van der Waals surface area contributed by atoms with Crippen LogP contribution in [0.1, 0.15) is 26.7 Å². The normalized spacial score (nSPS) is 23.0. The zero-order valence-electron chi connectivity index (χ0n) is 13.1. The van der Waals surface area contributed by atoms with Gasteiger partial charge in [0.2, 0.25) is 0 Å². The molecule has 112 valence electrons. The Hall–Kier alpha value is -1.06. The topological polar surface area (TPSA) is 24.5 Å². The van der Waals surface area contributed by atoms with Gasteiger partial charge in [-0.2, -0.15) is 0 Å². The van der Waals surface area contributed by atoms with Gasteiger partial charge in [-0.05, 0) is 25.0 Å². The van der Waals surface area contributed by atoms with E-state index in [4.69, 9.17) is 4.74 Å². The number of para-hydroxylation sites is 1. The minimum Gasteiger partial charge on any atom is -0.381 e. The first-order valence-electron chi connectivity index (χ1n) is 7.69. The second-order valence-corrected chi connectivity index (χ2v) is 6.38. The van der Waals surface area contributed by atoms with E-state index in [1.807, 2.05) is 0 Å². The van der Waals surface area contributed by atoms with Crippen LogP contribution in [0, 0.1) is 5.41 Å². The Morgan fingerprint density at radius 1 is 1.30 bits per heavy atom. The molecule has 0 saturated carbocycles. The van der Waals surface area contributed by atoms with Crippen molar-refractivity contribution < 1.29 is 4.74 Å². The molecule has 20 heavy (non-hydrogen) atoms. The molecule has 1 unspecified atom stereocenters. The maximum absolute atomic E-state index is 5.79. The van der Waals surface area contributed by atoms with Crippen molar-refractivity contribution in [2.45, 2.75) is 32.7 Å². The summed E-state index contributed by atoms with van der Waals surface area (Å²) in [6, 6.07) is 11.1. The monoisotopic (exact) mass is 276 g/mol. The summed E-state index contributed by atoms with van der Waals surface area (Å²) >= 11 is 0. The van der Waals surface area contributed by atoms with E-state index in [1.54, 1.807) is 0 Å². The highest BCUT2D eigenvalue weighted by molar-refractivity contribution is 5.45. The van der Waals surface area contributed by atoms with Gasteiger partial charge < -0.3 is 15.0 Å². The van der Waals surface area contributed by atoms with Crippen molar-refractivity contribution in [1.29, 1.82) is 0 Å². The van der Waals surface area contributed by atoms with Crippen LogP contribution >= 0.6 is 0 Å². The van der Waals surface area contributed by atoms with Gasteiger partial charge in [0.25, 0.3) is 0 Å². The summed E-state index contributed by atoms with van der Waals surface area (Å²) in [6.45, 7) is 8.26. The average Bonchev–Trinajstić information content (AvgIpc) is 2.47. The molecule has 1 aliphatic heterocycles. The van der Waals surface area contributed by atoms with E-state index in [-0.39, 0.29) is 5.41 Å². The summed E-state index contributed by atoms with van der Waals surface area (Å²) in [7, 11) is 2.18. The summed E-state index contributed by atoms with van der Waals surface area (Å²) in [4.78, 5) is 2.36. The first kappa shape index (κ1) is 15.3. The van der Waals surface area contributed by atoms with Crippen molar-refractivity contribution in [3.63, 3.8) is 0 Å². The van der Waals surface area contributed by atoms with E-state index in [9.17, 15) is 0 Å². The second kappa shape index (κ2) is 7.09. The molecule has 1 atom stereocenters. The number of ether oxygens (including phenoxy) is 1. The first-order chi connectivity index (χ1) is 9.61. The number of anilines is 1. The molecule has 0 bridgehead atoms. The van der Waals surface area contributed by atoms with E-state index in [0.29, 0.717) is 6.04 Å². The van der Waals surface area contributed by atoms with Gasteiger partial charge in [0.1, 0.15) is 0 Å². The van der Waals surface area contributed by atoms with Gasteiger partial charge in [-0.1, -0.05) is 32.0 Å². The fraction of sp³-hybridized carbons (Fsp3) is 0.647. The van der Waals surface area contributed by atoms with Gasteiger partial charge in [-0.3, -0.25) is 0 Å². The largest absolute Gasteiger partial charge is 0.381 e. The van der Waals surface area contributed by atoms with Crippen LogP contribution in [0.3, 0.4) is 0 Å². The number of nitrogens with one attached hydrogen (secondary N) is 1. The third kappa shape index (κ3) is 4.22. The zero-order valence-corrected chi connectivity index (χ0v) is 13.1. The first-order valence-corrected chi connectivity index (χ1v) is 7.69. The molecular weight excluding hydrogens is 248 g/mol. The standard InChI is InChI=1S/C17H28N2O/c1-15(2)18-12-17(10-7-11-20-14-17)13-19(3)16-8-5-4-6-9-16/h4-6,8-9,15,18H,7,10-14H2,1-3H3. The number of benzene rings is 1. The molecule has 1 fully saturated rings. The van der Waals surface area contributed by atoms with Crippen LogP contribution in [0.5, 0.6) is 0 Å². The van der Waals surface area contributed by atoms with Crippen LogP contribution in [0.25, 0.3) is 0 Å². The van der Waals surface area contributed by atoms with Gasteiger partial charge in [0.05, 0.1) is 6.61 Å². The minimum atomic E-state index is 0.229. The maximum atomic E-state index is 5.79. The molecule has 1 aliphatic rings. The summed E-state index contributed by atoms with van der Waals surface area (Å²) in [5.74, 6) is 0. The third-order valence-electron chi connectivity index (χ3n) is 4.06. The van der Waals surface area contributed by atoms with E-state index in [0.717, 1.165) is 26.3 Å². The highest BCUT2D eigenvalue weighted by Gasteiger charge is 2.34. The molecule has 0 radical (unpaired) electrons. The fourth-order valence-electron chi connectivity index (χ4n) is 2.93. The Kier molecular flexibility index (Phi) is 5.44. The van der Waals surface area contributed by atoms with Gasteiger partial charge in [0.15, 0.2) is 0 Å². The Balaban J connectivity index is 2.03. The quantitative estimate of drug-likeness (QED) is 0.864. The van der Waals surface area contributed by atoms with Crippen molar-refractivity contribution in [2.75, 3.05) is 38.3 Å². The van der Waals surface area contributed by atoms with Crippen LogP contribution in [-0.2, 0) is 4.74 Å². The number of rotatable bonds is 6. The van der Waals surface area contributed by atoms with Crippen molar-refractivity contribution >= 4 is 5.69 Å².